The van der Waals surface area contributed by atoms with Crippen molar-refractivity contribution in [3.8, 4) is 0 Å². The Labute approximate surface area is 102 Å². The van der Waals surface area contributed by atoms with Crippen molar-refractivity contribution >= 4 is 17.4 Å². The molecule has 0 aromatic heterocycles. The van der Waals surface area contributed by atoms with Gasteiger partial charge in [-0.05, 0) is 12.2 Å². The van der Waals surface area contributed by atoms with Crippen LogP contribution in [0.4, 0.5) is 0 Å². The van der Waals surface area contributed by atoms with Gasteiger partial charge in [0, 0.05) is 22.4 Å². The Morgan fingerprint density at radius 2 is 2.24 bits per heavy atom. The predicted molar refractivity (Wildman–Crippen MR) is 61.9 cm³/mol. The number of halogens is 1. The van der Waals surface area contributed by atoms with Gasteiger partial charge in [-0.15, -0.1) is 0 Å². The van der Waals surface area contributed by atoms with Crippen LogP contribution < -0.4 is 0 Å². The van der Waals surface area contributed by atoms with Crippen LogP contribution in [0.1, 0.15) is 0 Å². The second-order valence-corrected chi connectivity index (χ2v) is 4.24. The van der Waals surface area contributed by atoms with E-state index in [0.29, 0.717) is 15.7 Å². The molecule has 0 amide bonds. The molecule has 3 atom stereocenters. The number of rotatable bonds is 1. The Hall–Kier alpha value is -1.82. The van der Waals surface area contributed by atoms with Crippen molar-refractivity contribution in [3.63, 3.8) is 0 Å². The van der Waals surface area contributed by atoms with Crippen molar-refractivity contribution in [1.82, 2.24) is 0 Å². The number of fused-ring (bicyclic) bond motifs is 1. The van der Waals surface area contributed by atoms with Crippen molar-refractivity contribution in [2.24, 2.45) is 20.3 Å². The molecule has 0 saturated carbocycles. The first-order valence-electron chi connectivity index (χ1n) is 5.12. The van der Waals surface area contributed by atoms with Crippen LogP contribution in [0.15, 0.2) is 55.9 Å². The molecule has 86 valence electrons. The number of amidine groups is 1. The van der Waals surface area contributed by atoms with Gasteiger partial charge >= 0.3 is 0 Å². The average molecular weight is 250 g/mol. The molecule has 17 heavy (non-hydrogen) atoms. The van der Waals surface area contributed by atoms with Crippen LogP contribution in [0.25, 0.3) is 0 Å². The zero-order valence-electron chi connectivity index (χ0n) is 8.64. The number of hydrogen-bond acceptors (Lipinski definition) is 5. The molecule has 2 heterocycles. The van der Waals surface area contributed by atoms with Gasteiger partial charge in [0.05, 0.1) is 0 Å². The number of aliphatic imine (C=N–C) groups is 1. The van der Waals surface area contributed by atoms with Gasteiger partial charge in [-0.3, -0.25) is 0 Å². The quantitative estimate of drug-likeness (QED) is 0.518. The number of hydrogen-bond donors (Lipinski definition) is 0. The highest BCUT2D eigenvalue weighted by atomic mass is 35.5. The van der Waals surface area contributed by atoms with Crippen LogP contribution in [0.5, 0.6) is 0 Å². The van der Waals surface area contributed by atoms with E-state index in [9.17, 15) is 5.21 Å². The van der Waals surface area contributed by atoms with Gasteiger partial charge in [-0.1, -0.05) is 22.5 Å². The lowest BCUT2D eigenvalue weighted by atomic mass is 10.0. The fraction of sp³-hybridized carbons (Fsp3) is 0.300. The van der Waals surface area contributed by atoms with Crippen LogP contribution in [0.3, 0.4) is 0 Å². The summed E-state index contributed by atoms with van der Waals surface area (Å²) in [5.74, 6) is 0.384. The second kappa shape index (κ2) is 3.89. The normalized spacial score (nSPS) is 34.2. The summed E-state index contributed by atoms with van der Waals surface area (Å²) >= 11 is 5.84. The standard InChI is InChI=1S/C10H8ClN5O/c11-6-1-2-7-9(5-6)16(17)15-10(13-7)8-3-4-12-14-8/h1-5,7-9H. The summed E-state index contributed by atoms with van der Waals surface area (Å²) in [6, 6.07) is -1.06. The van der Waals surface area contributed by atoms with E-state index in [1.54, 1.807) is 30.5 Å². The van der Waals surface area contributed by atoms with Crippen LogP contribution in [0, 0.1) is 5.21 Å². The van der Waals surface area contributed by atoms with E-state index in [4.69, 9.17) is 11.6 Å². The Kier molecular flexibility index (Phi) is 2.36. The minimum atomic E-state index is -0.460. The second-order valence-electron chi connectivity index (χ2n) is 3.80. The first-order chi connectivity index (χ1) is 8.24. The van der Waals surface area contributed by atoms with Gasteiger partial charge in [-0.2, -0.15) is 10.2 Å². The Bertz CT molecular complexity index is 519. The summed E-state index contributed by atoms with van der Waals surface area (Å²) in [5.41, 5.74) is 0. The number of azo groups is 2. The van der Waals surface area contributed by atoms with Gasteiger partial charge in [0.25, 0.3) is 0 Å². The largest absolute Gasteiger partial charge is 0.599 e. The summed E-state index contributed by atoms with van der Waals surface area (Å²) in [5, 5.41) is 23.8. The Morgan fingerprint density at radius 1 is 1.35 bits per heavy atom. The third kappa shape index (κ3) is 1.80. The molecule has 0 spiro atoms. The van der Waals surface area contributed by atoms with E-state index in [1.165, 1.54) is 0 Å². The molecule has 3 rings (SSSR count). The van der Waals surface area contributed by atoms with E-state index in [-0.39, 0.29) is 12.1 Å². The lowest BCUT2D eigenvalue weighted by Crippen LogP contribution is -2.37. The van der Waals surface area contributed by atoms with E-state index in [2.05, 4.69) is 20.3 Å². The number of nitrogens with zero attached hydrogens (tertiary/aromatic N) is 5. The molecular weight excluding hydrogens is 242 g/mol. The highest BCUT2D eigenvalue weighted by molar-refractivity contribution is 6.31. The predicted octanol–water partition coefficient (Wildman–Crippen LogP) is 2.14. The minimum Gasteiger partial charge on any atom is -0.599 e. The minimum absolute atomic E-state index is 0.258. The molecule has 3 aliphatic rings. The van der Waals surface area contributed by atoms with Gasteiger partial charge in [0.2, 0.25) is 11.9 Å². The third-order valence-electron chi connectivity index (χ3n) is 2.66. The molecule has 1 aliphatic carbocycles. The monoisotopic (exact) mass is 249 g/mol. The molecule has 0 bridgehead atoms. The van der Waals surface area contributed by atoms with Gasteiger partial charge in [0.15, 0.2) is 6.04 Å². The molecule has 6 nitrogen and oxygen atoms in total. The molecule has 7 heteroatoms. The first kappa shape index (κ1) is 10.3. The van der Waals surface area contributed by atoms with Crippen LogP contribution in [-0.2, 0) is 0 Å². The molecule has 0 aromatic carbocycles. The van der Waals surface area contributed by atoms with Gasteiger partial charge < -0.3 is 5.21 Å². The SMILES string of the molecule is [O-][N+]1=NC(C2C=CN=N2)=NC2C=CC(Cl)=CC21. The molecule has 0 aromatic rings. The highest BCUT2D eigenvalue weighted by Gasteiger charge is 2.35. The summed E-state index contributed by atoms with van der Waals surface area (Å²) in [6.07, 6.45) is 8.48. The lowest BCUT2D eigenvalue weighted by Gasteiger charge is -2.23. The summed E-state index contributed by atoms with van der Waals surface area (Å²) in [6.45, 7) is 0. The maximum Gasteiger partial charge on any atom is 0.235 e. The van der Waals surface area contributed by atoms with Gasteiger partial charge in [-0.25, -0.2) is 4.99 Å². The molecule has 0 fully saturated rings. The van der Waals surface area contributed by atoms with E-state index < -0.39 is 6.04 Å². The number of allylic oxidation sites excluding steroid dienone is 2. The smallest absolute Gasteiger partial charge is 0.235 e. The molecule has 3 unspecified atom stereocenters. The van der Waals surface area contributed by atoms with Crippen molar-refractivity contribution in [2.75, 3.05) is 0 Å². The van der Waals surface area contributed by atoms with E-state index in [0.717, 1.165) is 0 Å². The Balaban J connectivity index is 1.94. The lowest BCUT2D eigenvalue weighted by molar-refractivity contribution is -0.554. The molecule has 0 N–H and O–H groups in total. The van der Waals surface area contributed by atoms with Crippen molar-refractivity contribution in [2.45, 2.75) is 18.1 Å². The fourth-order valence-electron chi connectivity index (χ4n) is 1.82. The van der Waals surface area contributed by atoms with E-state index >= 15 is 0 Å². The van der Waals surface area contributed by atoms with E-state index in [1.807, 2.05) is 0 Å². The zero-order valence-corrected chi connectivity index (χ0v) is 9.40. The molecule has 0 saturated heterocycles. The highest BCUT2D eigenvalue weighted by Crippen LogP contribution is 2.23. The van der Waals surface area contributed by atoms with Crippen molar-refractivity contribution < 1.29 is 4.86 Å². The first-order valence-corrected chi connectivity index (χ1v) is 5.50. The maximum absolute atomic E-state index is 11.8. The maximum atomic E-state index is 11.8. The topological polar surface area (TPSA) is 75.5 Å². The number of hydroxylamine groups is 1. The fourth-order valence-corrected chi connectivity index (χ4v) is 2.03. The molecule has 2 aliphatic heterocycles. The zero-order chi connectivity index (χ0) is 11.8. The van der Waals surface area contributed by atoms with Crippen LogP contribution in [-0.4, -0.2) is 28.8 Å². The van der Waals surface area contributed by atoms with Crippen LogP contribution >= 0.6 is 11.6 Å². The van der Waals surface area contributed by atoms with Crippen LogP contribution in [0.2, 0.25) is 0 Å². The van der Waals surface area contributed by atoms with Crippen molar-refractivity contribution in [1.29, 1.82) is 0 Å². The van der Waals surface area contributed by atoms with Crippen molar-refractivity contribution in [3.05, 3.63) is 40.7 Å². The summed E-state index contributed by atoms with van der Waals surface area (Å²) < 4.78 is 0. The summed E-state index contributed by atoms with van der Waals surface area (Å²) in [4.78, 5) is 5.01. The average Bonchev–Trinajstić information content (AvgIpc) is 2.83. The Morgan fingerprint density at radius 3 is 3.00 bits per heavy atom. The molecule has 0 radical (unpaired) electrons. The molecular formula is C10H8ClN5O. The van der Waals surface area contributed by atoms with Gasteiger partial charge in [0.1, 0.15) is 6.04 Å². The summed E-state index contributed by atoms with van der Waals surface area (Å²) in [7, 11) is 0. The third-order valence-corrected chi connectivity index (χ3v) is 2.91.